The molecule has 1 aliphatic carbocycles. The maximum Gasteiger partial charge on any atom is 0.252 e. The Hall–Kier alpha value is -1.79. The van der Waals surface area contributed by atoms with E-state index in [2.05, 4.69) is 6.92 Å². The minimum absolute atomic E-state index is 0.0301. The zero-order chi connectivity index (χ0) is 20.6. The van der Waals surface area contributed by atoms with Crippen LogP contribution in [0.5, 0.6) is 11.5 Å². The van der Waals surface area contributed by atoms with Crippen molar-refractivity contribution in [2.45, 2.75) is 70.6 Å². The molecule has 0 radical (unpaired) electrons. The Balaban J connectivity index is 1.76. The molecule has 2 fully saturated rings. The average Bonchev–Trinajstić information content (AvgIpc) is 3.58. The van der Waals surface area contributed by atoms with Crippen molar-refractivity contribution in [3.63, 3.8) is 0 Å². The van der Waals surface area contributed by atoms with Crippen LogP contribution < -0.4 is 9.47 Å². The van der Waals surface area contributed by atoms with Gasteiger partial charge in [-0.1, -0.05) is 6.07 Å². The molecule has 2 atom stereocenters. The van der Waals surface area contributed by atoms with Crippen LogP contribution in [0.1, 0.15) is 64.0 Å². The van der Waals surface area contributed by atoms with Gasteiger partial charge in [-0.2, -0.15) is 0 Å². The molecule has 1 aromatic carbocycles. The number of ether oxygens (including phenoxy) is 4. The molecule has 0 spiro atoms. The van der Waals surface area contributed by atoms with Crippen molar-refractivity contribution in [2.24, 2.45) is 0 Å². The van der Waals surface area contributed by atoms with E-state index in [-0.39, 0.29) is 18.1 Å². The third-order valence-corrected chi connectivity index (χ3v) is 5.57. The van der Waals surface area contributed by atoms with Crippen molar-refractivity contribution >= 4 is 5.91 Å². The highest BCUT2D eigenvalue weighted by Gasteiger charge is 2.40. The van der Waals surface area contributed by atoms with Crippen LogP contribution in [0.25, 0.3) is 0 Å². The summed E-state index contributed by atoms with van der Waals surface area (Å²) in [6.07, 6.45) is 5.59. The van der Waals surface area contributed by atoms with E-state index in [0.717, 1.165) is 55.6 Å². The van der Waals surface area contributed by atoms with E-state index in [0.29, 0.717) is 32.5 Å². The summed E-state index contributed by atoms with van der Waals surface area (Å²) >= 11 is 0. The summed E-state index contributed by atoms with van der Waals surface area (Å²) in [5.74, 6) is 1.60. The predicted molar refractivity (Wildman–Crippen MR) is 111 cm³/mol. The number of hydrogen-bond acceptors (Lipinski definition) is 5. The van der Waals surface area contributed by atoms with Crippen molar-refractivity contribution in [3.8, 4) is 11.5 Å². The van der Waals surface area contributed by atoms with Gasteiger partial charge in [0.2, 0.25) is 0 Å². The highest BCUT2D eigenvalue weighted by molar-refractivity contribution is 5.82. The number of amides is 1. The van der Waals surface area contributed by atoms with Crippen LogP contribution in [0.15, 0.2) is 18.2 Å². The molecule has 0 bridgehead atoms. The van der Waals surface area contributed by atoms with E-state index in [4.69, 9.17) is 18.9 Å². The van der Waals surface area contributed by atoms with Gasteiger partial charge < -0.3 is 23.8 Å². The van der Waals surface area contributed by atoms with Crippen LogP contribution in [-0.4, -0.2) is 56.5 Å². The third-order valence-electron chi connectivity index (χ3n) is 5.57. The van der Waals surface area contributed by atoms with Crippen LogP contribution >= 0.6 is 0 Å². The number of benzene rings is 1. The minimum atomic E-state index is -0.292. The molecular formula is C23H35NO5. The van der Waals surface area contributed by atoms with E-state index in [9.17, 15) is 4.79 Å². The summed E-state index contributed by atoms with van der Waals surface area (Å²) < 4.78 is 22.6. The summed E-state index contributed by atoms with van der Waals surface area (Å²) in [5.41, 5.74) is 1.06. The van der Waals surface area contributed by atoms with Gasteiger partial charge in [0.15, 0.2) is 11.5 Å². The summed E-state index contributed by atoms with van der Waals surface area (Å²) in [7, 11) is 1.69. The van der Waals surface area contributed by atoms with Crippen LogP contribution in [0.4, 0.5) is 0 Å². The molecule has 29 heavy (non-hydrogen) atoms. The largest absolute Gasteiger partial charge is 0.490 e. The number of nitrogens with zero attached hydrogens (tertiary/aromatic N) is 1. The van der Waals surface area contributed by atoms with E-state index in [1.54, 1.807) is 7.11 Å². The molecule has 3 rings (SSSR count). The van der Waals surface area contributed by atoms with E-state index in [1.165, 1.54) is 0 Å². The van der Waals surface area contributed by atoms with Crippen LogP contribution in [-0.2, 0) is 14.3 Å². The molecule has 0 unspecified atom stereocenters. The molecule has 1 heterocycles. The van der Waals surface area contributed by atoms with Crippen LogP contribution in [0, 0.1) is 0 Å². The quantitative estimate of drug-likeness (QED) is 0.518. The summed E-state index contributed by atoms with van der Waals surface area (Å²) in [4.78, 5) is 15.3. The predicted octanol–water partition coefficient (Wildman–Crippen LogP) is 4.12. The molecular weight excluding hydrogens is 370 g/mol. The molecule has 1 aromatic rings. The van der Waals surface area contributed by atoms with Gasteiger partial charge in [-0.3, -0.25) is 4.79 Å². The number of rotatable bonds is 11. The fourth-order valence-corrected chi connectivity index (χ4v) is 3.86. The average molecular weight is 406 g/mol. The molecule has 162 valence electrons. The Morgan fingerprint density at radius 3 is 2.66 bits per heavy atom. The Bertz CT molecular complexity index is 655. The maximum atomic E-state index is 13.2. The van der Waals surface area contributed by atoms with E-state index < -0.39 is 0 Å². The second-order valence-corrected chi connectivity index (χ2v) is 7.84. The fraction of sp³-hybridized carbons (Fsp3) is 0.696. The van der Waals surface area contributed by atoms with Gasteiger partial charge in [0.25, 0.3) is 5.91 Å². The molecule has 6 nitrogen and oxygen atoms in total. The van der Waals surface area contributed by atoms with Crippen molar-refractivity contribution in [2.75, 3.05) is 33.5 Å². The minimum Gasteiger partial charge on any atom is -0.490 e. The van der Waals surface area contributed by atoms with Crippen LogP contribution in [0.2, 0.25) is 0 Å². The topological polar surface area (TPSA) is 57.2 Å². The molecule has 1 aliphatic heterocycles. The fourth-order valence-electron chi connectivity index (χ4n) is 3.86. The lowest BCUT2D eigenvalue weighted by Crippen LogP contribution is -2.44. The van der Waals surface area contributed by atoms with E-state index >= 15 is 0 Å². The van der Waals surface area contributed by atoms with Crippen molar-refractivity contribution in [1.29, 1.82) is 0 Å². The molecule has 1 amide bonds. The number of hydrogen-bond donors (Lipinski definition) is 0. The number of methoxy groups -OCH3 is 1. The first-order valence-electron chi connectivity index (χ1n) is 11.0. The van der Waals surface area contributed by atoms with Crippen LogP contribution in [0.3, 0.4) is 0 Å². The summed E-state index contributed by atoms with van der Waals surface area (Å²) in [5, 5.41) is 0. The third kappa shape index (κ3) is 5.86. The molecule has 1 saturated carbocycles. The lowest BCUT2D eigenvalue weighted by Gasteiger charge is -2.34. The Kier molecular flexibility index (Phi) is 8.19. The lowest BCUT2D eigenvalue weighted by atomic mass is 10.0. The van der Waals surface area contributed by atoms with Crippen molar-refractivity contribution in [1.82, 2.24) is 4.90 Å². The molecule has 0 aromatic heterocycles. The highest BCUT2D eigenvalue weighted by atomic mass is 16.5. The second kappa shape index (κ2) is 10.8. The Morgan fingerprint density at radius 1 is 1.17 bits per heavy atom. The van der Waals surface area contributed by atoms with Gasteiger partial charge in [0.05, 0.1) is 19.3 Å². The number of carbonyl (C=O) groups excluding carboxylic acids is 1. The molecule has 1 saturated heterocycles. The van der Waals surface area contributed by atoms with Crippen molar-refractivity contribution in [3.05, 3.63) is 23.8 Å². The smallest absolute Gasteiger partial charge is 0.252 e. The molecule has 6 heteroatoms. The van der Waals surface area contributed by atoms with Crippen molar-refractivity contribution < 1.29 is 23.7 Å². The Morgan fingerprint density at radius 2 is 2.00 bits per heavy atom. The van der Waals surface area contributed by atoms with Gasteiger partial charge in [0, 0.05) is 32.8 Å². The standard InChI is InChI=1S/C23H35NO5/c1-4-27-20-12-9-18(16-22(20)29-15-7-13-26-3)17(2)24(19-10-11-19)23(25)21-8-5-6-14-28-21/h9,12,16-17,19,21H,4-8,10-11,13-15H2,1-3H3/t17-,21-/m1/s1. The molecule has 0 N–H and O–H groups in total. The summed E-state index contributed by atoms with van der Waals surface area (Å²) in [6, 6.07) is 6.31. The first-order chi connectivity index (χ1) is 14.2. The van der Waals surface area contributed by atoms with Gasteiger partial charge in [0.1, 0.15) is 6.10 Å². The number of carbonyl (C=O) groups is 1. The lowest BCUT2D eigenvalue weighted by molar-refractivity contribution is -0.149. The monoisotopic (exact) mass is 405 g/mol. The zero-order valence-electron chi connectivity index (χ0n) is 18.0. The normalized spacial score (nSPS) is 20.2. The SMILES string of the molecule is CCOc1ccc([C@@H](C)N(C(=O)[C@H]2CCCCO2)C2CC2)cc1OCCCOC. The molecule has 2 aliphatic rings. The second-order valence-electron chi connectivity index (χ2n) is 7.84. The maximum absolute atomic E-state index is 13.2. The Labute approximate surface area is 174 Å². The highest BCUT2D eigenvalue weighted by Crippen LogP contribution is 2.38. The van der Waals surface area contributed by atoms with E-state index in [1.807, 2.05) is 30.0 Å². The van der Waals surface area contributed by atoms with Gasteiger partial charge >= 0.3 is 0 Å². The van der Waals surface area contributed by atoms with Gasteiger partial charge in [-0.25, -0.2) is 0 Å². The first-order valence-corrected chi connectivity index (χ1v) is 11.0. The van der Waals surface area contributed by atoms with Gasteiger partial charge in [-0.05, 0) is 63.6 Å². The summed E-state index contributed by atoms with van der Waals surface area (Å²) in [6.45, 7) is 6.55. The van der Waals surface area contributed by atoms with Gasteiger partial charge in [-0.15, -0.1) is 0 Å². The first kappa shape index (κ1) is 21.9. The zero-order valence-corrected chi connectivity index (χ0v) is 18.0.